The van der Waals surface area contributed by atoms with E-state index in [2.05, 4.69) is 21.7 Å². The van der Waals surface area contributed by atoms with Crippen molar-refractivity contribution in [1.29, 1.82) is 0 Å². The van der Waals surface area contributed by atoms with Crippen molar-refractivity contribution in [3.8, 4) is 0 Å². The molecule has 110 valence electrons. The van der Waals surface area contributed by atoms with Crippen molar-refractivity contribution in [2.75, 3.05) is 32.7 Å². The minimum Gasteiger partial charge on any atom is -0.478 e. The quantitative estimate of drug-likeness (QED) is 0.838. The van der Waals surface area contributed by atoms with E-state index in [9.17, 15) is 4.79 Å². The van der Waals surface area contributed by atoms with Crippen molar-refractivity contribution >= 4 is 23.4 Å². The first-order chi connectivity index (χ1) is 9.58. The molecule has 0 atom stereocenters. The molecule has 20 heavy (non-hydrogen) atoms. The molecule has 1 aromatic heterocycles. The number of rotatable bonds is 5. The van der Waals surface area contributed by atoms with Gasteiger partial charge >= 0.3 is 5.97 Å². The topological polar surface area (TPSA) is 56.7 Å². The summed E-state index contributed by atoms with van der Waals surface area (Å²) in [5.41, 5.74) is 0.912. The predicted molar refractivity (Wildman–Crippen MR) is 80.9 cm³/mol. The second-order valence-electron chi connectivity index (χ2n) is 4.94. The smallest absolute Gasteiger partial charge is 0.328 e. The van der Waals surface area contributed by atoms with Gasteiger partial charge in [0.1, 0.15) is 5.01 Å². The molecule has 0 aliphatic carbocycles. The molecule has 0 saturated carbocycles. The zero-order chi connectivity index (χ0) is 14.5. The van der Waals surface area contributed by atoms with Crippen LogP contribution in [0.5, 0.6) is 0 Å². The van der Waals surface area contributed by atoms with E-state index >= 15 is 0 Å². The molecule has 0 aromatic carbocycles. The maximum Gasteiger partial charge on any atom is 0.328 e. The molecule has 1 fully saturated rings. The number of likely N-dealkylation sites (N-methyl/N-ethyl adjacent to an activating group) is 1. The largest absolute Gasteiger partial charge is 0.478 e. The summed E-state index contributed by atoms with van der Waals surface area (Å²) in [5, 5.41) is 9.73. The fourth-order valence-electron chi connectivity index (χ4n) is 2.29. The summed E-state index contributed by atoms with van der Waals surface area (Å²) in [4.78, 5) is 20.9. The summed E-state index contributed by atoms with van der Waals surface area (Å²) in [7, 11) is 0. The first kappa shape index (κ1) is 15.2. The van der Waals surface area contributed by atoms with Crippen LogP contribution in [0.2, 0.25) is 0 Å². The first-order valence-corrected chi connectivity index (χ1v) is 7.72. The number of hydrogen-bond donors (Lipinski definition) is 1. The van der Waals surface area contributed by atoms with Gasteiger partial charge < -0.3 is 10.0 Å². The van der Waals surface area contributed by atoms with Crippen LogP contribution in [0.1, 0.15) is 22.5 Å². The highest BCUT2D eigenvalue weighted by molar-refractivity contribution is 7.12. The summed E-state index contributed by atoms with van der Waals surface area (Å²) in [6, 6.07) is 0. The predicted octanol–water partition coefficient (Wildman–Crippen LogP) is 1.69. The Bertz CT molecular complexity index is 491. The lowest BCUT2D eigenvalue weighted by atomic mass is 10.3. The number of carbonyl (C=O) groups is 1. The van der Waals surface area contributed by atoms with Crippen molar-refractivity contribution < 1.29 is 9.90 Å². The number of nitrogens with zero attached hydrogens (tertiary/aromatic N) is 3. The van der Waals surface area contributed by atoms with Gasteiger partial charge in [-0.15, -0.1) is 11.3 Å². The second kappa shape index (κ2) is 6.97. The number of aryl methyl sites for hydroxylation is 1. The molecule has 2 rings (SSSR count). The minimum absolute atomic E-state index is 0.865. The third-order valence-electron chi connectivity index (χ3n) is 3.53. The molecule has 1 saturated heterocycles. The Morgan fingerprint density at radius 2 is 2.00 bits per heavy atom. The SMILES string of the molecule is CCN1CCN(Cc2nc(C)c(/C=C/C(=O)O)s2)CC1. The van der Waals surface area contributed by atoms with E-state index in [0.717, 1.165) is 54.8 Å². The number of piperazine rings is 1. The first-order valence-electron chi connectivity index (χ1n) is 6.90. The van der Waals surface area contributed by atoms with E-state index in [0.29, 0.717) is 0 Å². The third kappa shape index (κ3) is 4.13. The summed E-state index contributed by atoms with van der Waals surface area (Å²) in [6.07, 6.45) is 2.80. The minimum atomic E-state index is -0.921. The van der Waals surface area contributed by atoms with E-state index in [-0.39, 0.29) is 0 Å². The van der Waals surface area contributed by atoms with Crippen LogP contribution in [0, 0.1) is 6.92 Å². The monoisotopic (exact) mass is 295 g/mol. The van der Waals surface area contributed by atoms with E-state index in [1.807, 2.05) is 6.92 Å². The van der Waals surface area contributed by atoms with Crippen molar-refractivity contribution in [2.24, 2.45) is 0 Å². The molecule has 0 amide bonds. The van der Waals surface area contributed by atoms with Crippen molar-refractivity contribution in [1.82, 2.24) is 14.8 Å². The molecular formula is C14H21N3O2S. The molecule has 0 unspecified atom stereocenters. The van der Waals surface area contributed by atoms with Gasteiger partial charge in [-0.3, -0.25) is 4.90 Å². The van der Waals surface area contributed by atoms with Crippen LogP contribution >= 0.6 is 11.3 Å². The van der Waals surface area contributed by atoms with E-state index in [1.54, 1.807) is 17.4 Å². The van der Waals surface area contributed by atoms with Gasteiger partial charge in [0.15, 0.2) is 0 Å². The second-order valence-corrected chi connectivity index (χ2v) is 6.05. The Kier molecular flexibility index (Phi) is 5.28. The van der Waals surface area contributed by atoms with Gasteiger partial charge in [-0.25, -0.2) is 9.78 Å². The fourth-order valence-corrected chi connectivity index (χ4v) is 3.30. The standard InChI is InChI=1S/C14H21N3O2S/c1-3-16-6-8-17(9-7-16)10-13-15-11(2)12(20-13)4-5-14(18)19/h4-5H,3,6-10H2,1-2H3,(H,18,19)/b5-4+. The van der Waals surface area contributed by atoms with E-state index < -0.39 is 5.97 Å². The number of hydrogen-bond acceptors (Lipinski definition) is 5. The van der Waals surface area contributed by atoms with Gasteiger partial charge in [-0.1, -0.05) is 6.92 Å². The van der Waals surface area contributed by atoms with Gasteiger partial charge in [0.2, 0.25) is 0 Å². The van der Waals surface area contributed by atoms with E-state index in [4.69, 9.17) is 5.11 Å². The number of thiazole rings is 1. The molecule has 2 heterocycles. The molecule has 1 aliphatic rings. The Labute approximate surface area is 123 Å². The Morgan fingerprint density at radius 1 is 1.35 bits per heavy atom. The Balaban J connectivity index is 1.94. The van der Waals surface area contributed by atoms with Crippen molar-refractivity contribution in [2.45, 2.75) is 20.4 Å². The Morgan fingerprint density at radius 3 is 2.60 bits per heavy atom. The number of carboxylic acids is 1. The van der Waals surface area contributed by atoms with Crippen LogP contribution in [0.25, 0.3) is 6.08 Å². The maximum atomic E-state index is 10.6. The fraction of sp³-hybridized carbons (Fsp3) is 0.571. The van der Waals surface area contributed by atoms with Gasteiger partial charge in [-0.05, 0) is 19.5 Å². The molecule has 0 bridgehead atoms. The molecule has 0 spiro atoms. The Hall–Kier alpha value is -1.24. The van der Waals surface area contributed by atoms with Gasteiger partial charge in [-0.2, -0.15) is 0 Å². The molecule has 1 aliphatic heterocycles. The van der Waals surface area contributed by atoms with Crippen LogP contribution in [-0.4, -0.2) is 58.6 Å². The average Bonchev–Trinajstić information content (AvgIpc) is 2.77. The lowest BCUT2D eigenvalue weighted by Gasteiger charge is -2.33. The third-order valence-corrected chi connectivity index (χ3v) is 4.63. The normalized spacial score (nSPS) is 17.9. The number of aromatic nitrogens is 1. The van der Waals surface area contributed by atoms with Crippen LogP contribution in [0.3, 0.4) is 0 Å². The summed E-state index contributed by atoms with van der Waals surface area (Å²) in [6.45, 7) is 10.5. The molecule has 1 aromatic rings. The van der Waals surface area contributed by atoms with Gasteiger partial charge in [0, 0.05) is 32.3 Å². The highest BCUT2D eigenvalue weighted by atomic mass is 32.1. The summed E-state index contributed by atoms with van der Waals surface area (Å²) < 4.78 is 0. The summed E-state index contributed by atoms with van der Waals surface area (Å²) >= 11 is 1.59. The highest BCUT2D eigenvalue weighted by Crippen LogP contribution is 2.21. The molecule has 5 nitrogen and oxygen atoms in total. The summed E-state index contributed by atoms with van der Waals surface area (Å²) in [5.74, 6) is -0.921. The van der Waals surface area contributed by atoms with Crippen LogP contribution in [0.15, 0.2) is 6.08 Å². The molecular weight excluding hydrogens is 274 g/mol. The lowest BCUT2D eigenvalue weighted by Crippen LogP contribution is -2.45. The van der Waals surface area contributed by atoms with E-state index in [1.165, 1.54) is 6.08 Å². The zero-order valence-electron chi connectivity index (χ0n) is 12.0. The maximum absolute atomic E-state index is 10.6. The molecule has 0 radical (unpaired) electrons. The van der Waals surface area contributed by atoms with Gasteiger partial charge in [0.25, 0.3) is 0 Å². The van der Waals surface area contributed by atoms with Crippen LogP contribution < -0.4 is 0 Å². The van der Waals surface area contributed by atoms with Crippen LogP contribution in [-0.2, 0) is 11.3 Å². The zero-order valence-corrected chi connectivity index (χ0v) is 12.8. The number of aliphatic carboxylic acids is 1. The number of carboxylic acid groups (broad SMARTS) is 1. The van der Waals surface area contributed by atoms with Crippen molar-refractivity contribution in [3.63, 3.8) is 0 Å². The highest BCUT2D eigenvalue weighted by Gasteiger charge is 2.17. The average molecular weight is 295 g/mol. The van der Waals surface area contributed by atoms with Crippen LogP contribution in [0.4, 0.5) is 0 Å². The van der Waals surface area contributed by atoms with Gasteiger partial charge in [0.05, 0.1) is 17.1 Å². The lowest BCUT2D eigenvalue weighted by molar-refractivity contribution is -0.131. The molecule has 1 N–H and O–H groups in total. The molecule has 6 heteroatoms. The van der Waals surface area contributed by atoms with Crippen molar-refractivity contribution in [3.05, 3.63) is 21.7 Å².